The molecule has 3 heterocycles. The van der Waals surface area contributed by atoms with Gasteiger partial charge in [-0.15, -0.1) is 5.10 Å². The summed E-state index contributed by atoms with van der Waals surface area (Å²) in [7, 11) is 0. The Morgan fingerprint density at radius 3 is 2.73 bits per heavy atom. The lowest BCUT2D eigenvalue weighted by atomic mass is 10.1. The van der Waals surface area contributed by atoms with Crippen molar-refractivity contribution in [2.45, 2.75) is 19.4 Å². The summed E-state index contributed by atoms with van der Waals surface area (Å²) in [5.74, 6) is 0.891. The van der Waals surface area contributed by atoms with Gasteiger partial charge in [-0.1, -0.05) is 58.9 Å². The molecule has 0 unspecified atom stereocenters. The molecule has 150 valence electrons. The highest BCUT2D eigenvalue weighted by atomic mass is 16.5. The first kappa shape index (κ1) is 18.2. The zero-order valence-corrected chi connectivity index (χ0v) is 16.5. The molecule has 8 heteroatoms. The first-order valence-electron chi connectivity index (χ1n) is 9.85. The maximum Gasteiger partial charge on any atom is 0.280 e. The van der Waals surface area contributed by atoms with Gasteiger partial charge in [0.2, 0.25) is 5.82 Å². The third-order valence-corrected chi connectivity index (χ3v) is 5.39. The van der Waals surface area contributed by atoms with E-state index in [1.807, 2.05) is 66.4 Å². The van der Waals surface area contributed by atoms with Gasteiger partial charge in [-0.3, -0.25) is 4.79 Å². The number of hydrogen-bond donors (Lipinski definition) is 0. The van der Waals surface area contributed by atoms with Gasteiger partial charge in [0.15, 0.2) is 5.69 Å². The lowest BCUT2D eigenvalue weighted by Crippen LogP contribution is -2.29. The second kappa shape index (κ2) is 7.55. The fourth-order valence-corrected chi connectivity index (χ4v) is 3.71. The van der Waals surface area contributed by atoms with Crippen LogP contribution in [0.5, 0.6) is 0 Å². The first-order chi connectivity index (χ1) is 14.7. The van der Waals surface area contributed by atoms with E-state index in [4.69, 9.17) is 4.52 Å². The van der Waals surface area contributed by atoms with Crippen LogP contribution in [0, 0.1) is 6.92 Å². The second-order valence-corrected chi connectivity index (χ2v) is 7.38. The third-order valence-electron chi connectivity index (χ3n) is 5.39. The van der Waals surface area contributed by atoms with Crippen LogP contribution in [0.25, 0.3) is 23.0 Å². The van der Waals surface area contributed by atoms with E-state index < -0.39 is 0 Å². The van der Waals surface area contributed by atoms with Gasteiger partial charge in [0.05, 0.1) is 12.2 Å². The molecule has 2 aromatic carbocycles. The van der Waals surface area contributed by atoms with Crippen LogP contribution in [0.4, 0.5) is 0 Å². The van der Waals surface area contributed by atoms with Crippen molar-refractivity contribution < 1.29 is 9.32 Å². The Labute approximate surface area is 173 Å². The number of aromatic nitrogens is 5. The average molecular weight is 400 g/mol. The highest BCUT2D eigenvalue weighted by Gasteiger charge is 2.30. The summed E-state index contributed by atoms with van der Waals surface area (Å²) in [6.45, 7) is 3.24. The van der Waals surface area contributed by atoms with Crippen LogP contribution in [0.2, 0.25) is 0 Å². The van der Waals surface area contributed by atoms with Crippen molar-refractivity contribution >= 4 is 5.91 Å². The zero-order valence-electron chi connectivity index (χ0n) is 16.5. The van der Waals surface area contributed by atoms with Gasteiger partial charge in [0, 0.05) is 24.2 Å². The molecule has 8 nitrogen and oxygen atoms in total. The molecule has 1 fully saturated rings. The Morgan fingerprint density at radius 2 is 1.90 bits per heavy atom. The SMILES string of the molecule is Cc1ccccc1C(=O)N1CC[C@H](n2cc(-c3nc(-c4ccccc4)no3)nn2)C1. The first-order valence-corrected chi connectivity index (χ1v) is 9.85. The molecule has 4 aromatic rings. The fraction of sp³-hybridized carbons (Fsp3) is 0.227. The number of rotatable bonds is 4. The summed E-state index contributed by atoms with van der Waals surface area (Å²) in [6.07, 6.45) is 2.62. The van der Waals surface area contributed by atoms with E-state index in [-0.39, 0.29) is 11.9 Å². The van der Waals surface area contributed by atoms with Crippen LogP contribution >= 0.6 is 0 Å². The summed E-state index contributed by atoms with van der Waals surface area (Å²) in [5.41, 5.74) is 3.13. The quantitative estimate of drug-likeness (QED) is 0.522. The highest BCUT2D eigenvalue weighted by Crippen LogP contribution is 2.26. The maximum absolute atomic E-state index is 12.9. The van der Waals surface area contributed by atoms with E-state index >= 15 is 0 Å². The van der Waals surface area contributed by atoms with Crippen LogP contribution in [-0.4, -0.2) is 49.0 Å². The van der Waals surface area contributed by atoms with Gasteiger partial charge >= 0.3 is 0 Å². The summed E-state index contributed by atoms with van der Waals surface area (Å²) in [4.78, 5) is 19.2. The van der Waals surface area contributed by atoms with Crippen LogP contribution in [0.3, 0.4) is 0 Å². The van der Waals surface area contributed by atoms with E-state index in [9.17, 15) is 4.79 Å². The molecule has 1 saturated heterocycles. The Morgan fingerprint density at radius 1 is 1.10 bits per heavy atom. The second-order valence-electron chi connectivity index (χ2n) is 7.38. The smallest absolute Gasteiger partial charge is 0.280 e. The number of carbonyl (C=O) groups is 1. The number of benzene rings is 2. The number of nitrogens with zero attached hydrogens (tertiary/aromatic N) is 6. The molecule has 30 heavy (non-hydrogen) atoms. The minimum absolute atomic E-state index is 0.0559. The highest BCUT2D eigenvalue weighted by molar-refractivity contribution is 5.95. The Hall–Kier alpha value is -3.81. The Balaban J connectivity index is 1.30. The number of amides is 1. The van der Waals surface area contributed by atoms with Crippen molar-refractivity contribution in [2.75, 3.05) is 13.1 Å². The molecule has 0 radical (unpaired) electrons. The molecule has 1 aliphatic rings. The molecule has 2 aromatic heterocycles. The third kappa shape index (κ3) is 3.36. The Bertz CT molecular complexity index is 1180. The molecule has 0 spiro atoms. The van der Waals surface area contributed by atoms with Crippen molar-refractivity contribution in [3.05, 3.63) is 71.9 Å². The van der Waals surface area contributed by atoms with E-state index in [0.717, 1.165) is 23.1 Å². The monoisotopic (exact) mass is 400 g/mol. The van der Waals surface area contributed by atoms with Crippen LogP contribution in [-0.2, 0) is 0 Å². The van der Waals surface area contributed by atoms with Crippen LogP contribution in [0.1, 0.15) is 28.4 Å². The van der Waals surface area contributed by atoms with E-state index in [1.54, 1.807) is 10.9 Å². The van der Waals surface area contributed by atoms with Crippen LogP contribution < -0.4 is 0 Å². The minimum atomic E-state index is 0.0559. The number of carbonyl (C=O) groups excluding carboxylic acids is 1. The van der Waals surface area contributed by atoms with E-state index in [2.05, 4.69) is 20.5 Å². The number of aryl methyl sites for hydroxylation is 1. The van der Waals surface area contributed by atoms with Gasteiger partial charge in [0.1, 0.15) is 0 Å². The molecule has 1 aliphatic heterocycles. The molecule has 5 rings (SSSR count). The molecular formula is C22H20N6O2. The molecule has 0 bridgehead atoms. The predicted octanol–water partition coefficient (Wildman–Crippen LogP) is 3.39. The molecule has 0 aliphatic carbocycles. The van der Waals surface area contributed by atoms with Crippen molar-refractivity contribution in [3.63, 3.8) is 0 Å². The van der Waals surface area contributed by atoms with Crippen LogP contribution in [0.15, 0.2) is 65.3 Å². The maximum atomic E-state index is 12.9. The zero-order chi connectivity index (χ0) is 20.5. The van der Waals surface area contributed by atoms with Crippen molar-refractivity contribution in [3.8, 4) is 23.0 Å². The fourth-order valence-electron chi connectivity index (χ4n) is 3.71. The van der Waals surface area contributed by atoms with Crippen molar-refractivity contribution in [2.24, 2.45) is 0 Å². The number of hydrogen-bond acceptors (Lipinski definition) is 6. The summed E-state index contributed by atoms with van der Waals surface area (Å²) >= 11 is 0. The normalized spacial score (nSPS) is 16.2. The molecule has 0 saturated carbocycles. The predicted molar refractivity (Wildman–Crippen MR) is 109 cm³/mol. The van der Waals surface area contributed by atoms with Gasteiger partial charge < -0.3 is 9.42 Å². The lowest BCUT2D eigenvalue weighted by molar-refractivity contribution is 0.0786. The minimum Gasteiger partial charge on any atom is -0.336 e. The van der Waals surface area contributed by atoms with Crippen molar-refractivity contribution in [1.29, 1.82) is 0 Å². The molecule has 1 amide bonds. The topological polar surface area (TPSA) is 89.9 Å². The summed E-state index contributed by atoms with van der Waals surface area (Å²) in [5, 5.41) is 12.5. The van der Waals surface area contributed by atoms with Crippen molar-refractivity contribution in [1.82, 2.24) is 30.0 Å². The number of likely N-dealkylation sites (tertiary alicyclic amines) is 1. The Kier molecular flexibility index (Phi) is 4.59. The molecular weight excluding hydrogens is 380 g/mol. The van der Waals surface area contributed by atoms with Gasteiger partial charge in [-0.2, -0.15) is 4.98 Å². The van der Waals surface area contributed by atoms with Gasteiger partial charge in [-0.25, -0.2) is 4.68 Å². The molecule has 1 atom stereocenters. The standard InChI is InChI=1S/C22H20N6O2/c1-15-7-5-6-10-18(15)22(29)27-12-11-17(13-27)28-14-19(24-26-28)21-23-20(25-30-21)16-8-3-2-4-9-16/h2-10,14,17H,11-13H2,1H3/t17-/m0/s1. The van der Waals surface area contributed by atoms with E-state index in [1.165, 1.54) is 0 Å². The largest absolute Gasteiger partial charge is 0.336 e. The summed E-state index contributed by atoms with van der Waals surface area (Å²) < 4.78 is 7.15. The average Bonchev–Trinajstić information content (AvgIpc) is 3.54. The van der Waals surface area contributed by atoms with Gasteiger partial charge in [0.25, 0.3) is 11.8 Å². The molecule has 0 N–H and O–H groups in total. The van der Waals surface area contributed by atoms with Gasteiger partial charge in [-0.05, 0) is 25.0 Å². The summed E-state index contributed by atoms with van der Waals surface area (Å²) in [6, 6.07) is 17.4. The lowest BCUT2D eigenvalue weighted by Gasteiger charge is -2.17. The van der Waals surface area contributed by atoms with E-state index in [0.29, 0.717) is 30.5 Å².